The number of hydrogen-bond acceptors (Lipinski definition) is 3. The molecule has 16 heavy (non-hydrogen) atoms. The van der Waals surface area contributed by atoms with Gasteiger partial charge in [0.2, 0.25) is 0 Å². The van der Waals surface area contributed by atoms with E-state index in [1.807, 2.05) is 0 Å². The molecule has 0 atom stereocenters. The van der Waals surface area contributed by atoms with Crippen LogP contribution in [0.2, 0.25) is 0 Å². The minimum Gasteiger partial charge on any atom is -0.474 e. The van der Waals surface area contributed by atoms with E-state index in [0.29, 0.717) is 16.7 Å². The summed E-state index contributed by atoms with van der Waals surface area (Å²) in [4.78, 5) is 22.9. The highest BCUT2D eigenvalue weighted by molar-refractivity contribution is 6.37. The van der Waals surface area contributed by atoms with Gasteiger partial charge in [0.25, 0.3) is 0 Å². The fourth-order valence-corrected chi connectivity index (χ4v) is 1.48. The standard InChI is InChI=1S/C11H9NO4/c1-12(10(13)11(14)15)8-6-16-9-5-3-2-4-7(8)9/h2-6H,1H3,(H,14,15). The van der Waals surface area contributed by atoms with Crippen molar-refractivity contribution >= 4 is 28.5 Å². The van der Waals surface area contributed by atoms with Gasteiger partial charge in [-0.15, -0.1) is 0 Å². The minimum atomic E-state index is -1.49. The minimum absolute atomic E-state index is 0.447. The lowest BCUT2D eigenvalue weighted by Gasteiger charge is -2.11. The van der Waals surface area contributed by atoms with E-state index in [0.717, 1.165) is 4.90 Å². The largest absolute Gasteiger partial charge is 0.474 e. The number of carboxylic acids is 1. The van der Waals surface area contributed by atoms with Crippen molar-refractivity contribution < 1.29 is 19.1 Å². The van der Waals surface area contributed by atoms with Crippen molar-refractivity contribution in [3.8, 4) is 0 Å². The number of likely N-dealkylation sites (N-methyl/N-ethyl adjacent to an activating group) is 1. The number of amides is 1. The number of para-hydroxylation sites is 1. The van der Waals surface area contributed by atoms with Gasteiger partial charge in [-0.25, -0.2) is 4.79 Å². The van der Waals surface area contributed by atoms with Gasteiger partial charge in [0.1, 0.15) is 11.8 Å². The number of hydrogen-bond donors (Lipinski definition) is 1. The molecule has 0 fully saturated rings. The highest BCUT2D eigenvalue weighted by Gasteiger charge is 2.21. The zero-order valence-electron chi connectivity index (χ0n) is 8.51. The maximum Gasteiger partial charge on any atom is 0.394 e. The summed E-state index contributed by atoms with van der Waals surface area (Å²) in [6.45, 7) is 0. The molecule has 0 aliphatic carbocycles. The van der Waals surface area contributed by atoms with Gasteiger partial charge in [0.15, 0.2) is 0 Å². The average Bonchev–Trinajstić information content (AvgIpc) is 2.70. The van der Waals surface area contributed by atoms with Crippen molar-refractivity contribution in [3.63, 3.8) is 0 Å². The third-order valence-electron chi connectivity index (χ3n) is 2.31. The van der Waals surface area contributed by atoms with Gasteiger partial charge in [-0.3, -0.25) is 4.79 Å². The summed E-state index contributed by atoms with van der Waals surface area (Å²) in [5.74, 6) is -2.49. The third kappa shape index (κ3) is 1.52. The Morgan fingerprint density at radius 2 is 2.00 bits per heavy atom. The molecule has 0 saturated carbocycles. The summed E-state index contributed by atoms with van der Waals surface area (Å²) >= 11 is 0. The summed E-state index contributed by atoms with van der Waals surface area (Å²) in [5, 5.41) is 9.31. The number of fused-ring (bicyclic) bond motifs is 1. The zero-order valence-corrected chi connectivity index (χ0v) is 8.51. The Balaban J connectivity index is 2.48. The first kappa shape index (κ1) is 10.2. The van der Waals surface area contributed by atoms with Gasteiger partial charge in [0.05, 0.1) is 5.69 Å². The summed E-state index contributed by atoms with van der Waals surface area (Å²) in [5.41, 5.74) is 1.06. The lowest BCUT2D eigenvalue weighted by Crippen LogP contribution is -2.32. The number of aliphatic carboxylic acids is 1. The molecule has 0 unspecified atom stereocenters. The number of anilines is 1. The van der Waals surface area contributed by atoms with E-state index in [4.69, 9.17) is 9.52 Å². The molecular weight excluding hydrogens is 210 g/mol. The van der Waals surface area contributed by atoms with Crippen LogP contribution in [0.25, 0.3) is 11.0 Å². The van der Waals surface area contributed by atoms with Gasteiger partial charge >= 0.3 is 11.9 Å². The van der Waals surface area contributed by atoms with Crippen molar-refractivity contribution in [3.05, 3.63) is 30.5 Å². The van der Waals surface area contributed by atoms with Crippen LogP contribution in [0.15, 0.2) is 34.9 Å². The van der Waals surface area contributed by atoms with Crippen molar-refractivity contribution in [1.29, 1.82) is 0 Å². The van der Waals surface area contributed by atoms with E-state index in [-0.39, 0.29) is 0 Å². The second-order valence-corrected chi connectivity index (χ2v) is 3.29. The molecule has 1 N–H and O–H groups in total. The predicted molar refractivity (Wildman–Crippen MR) is 57.3 cm³/mol. The molecule has 0 spiro atoms. The summed E-state index contributed by atoms with van der Waals surface area (Å²) in [7, 11) is 1.40. The van der Waals surface area contributed by atoms with Crippen LogP contribution in [-0.4, -0.2) is 24.0 Å². The van der Waals surface area contributed by atoms with Crippen LogP contribution < -0.4 is 4.90 Å². The van der Waals surface area contributed by atoms with E-state index < -0.39 is 11.9 Å². The molecule has 5 heteroatoms. The first-order valence-electron chi connectivity index (χ1n) is 4.58. The molecule has 1 aromatic carbocycles. The van der Waals surface area contributed by atoms with Crippen LogP contribution in [0.4, 0.5) is 5.69 Å². The van der Waals surface area contributed by atoms with Gasteiger partial charge in [-0.2, -0.15) is 0 Å². The molecule has 1 amide bonds. The second kappa shape index (κ2) is 3.69. The highest BCUT2D eigenvalue weighted by Crippen LogP contribution is 2.27. The summed E-state index contributed by atoms with van der Waals surface area (Å²) < 4.78 is 5.21. The second-order valence-electron chi connectivity index (χ2n) is 3.29. The summed E-state index contributed by atoms with van der Waals surface area (Å²) in [6.07, 6.45) is 1.37. The number of carbonyl (C=O) groups excluding carboxylic acids is 1. The normalized spacial score (nSPS) is 10.3. The Bertz CT molecular complexity index is 558. The molecule has 2 rings (SSSR count). The Kier molecular flexibility index (Phi) is 2.36. The van der Waals surface area contributed by atoms with Gasteiger partial charge in [0, 0.05) is 12.4 Å². The van der Waals surface area contributed by atoms with E-state index >= 15 is 0 Å². The van der Waals surface area contributed by atoms with Gasteiger partial charge in [-0.05, 0) is 12.1 Å². The van der Waals surface area contributed by atoms with Crippen LogP contribution >= 0.6 is 0 Å². The van der Waals surface area contributed by atoms with Crippen molar-refractivity contribution in [2.45, 2.75) is 0 Å². The Labute approximate surface area is 90.9 Å². The Hall–Kier alpha value is -2.30. The molecule has 1 aromatic heterocycles. The van der Waals surface area contributed by atoms with Crippen LogP contribution in [0, 0.1) is 0 Å². The number of carbonyl (C=O) groups is 2. The number of furan rings is 1. The van der Waals surface area contributed by atoms with Crippen molar-refractivity contribution in [2.24, 2.45) is 0 Å². The maximum absolute atomic E-state index is 11.3. The maximum atomic E-state index is 11.3. The van der Waals surface area contributed by atoms with Crippen molar-refractivity contribution in [2.75, 3.05) is 11.9 Å². The van der Waals surface area contributed by atoms with Crippen LogP contribution in [0.5, 0.6) is 0 Å². The fraction of sp³-hybridized carbons (Fsp3) is 0.0909. The Morgan fingerprint density at radius 1 is 1.31 bits per heavy atom. The number of benzene rings is 1. The smallest absolute Gasteiger partial charge is 0.394 e. The summed E-state index contributed by atoms with van der Waals surface area (Å²) in [6, 6.07) is 7.10. The van der Waals surface area contributed by atoms with Crippen LogP contribution in [0.3, 0.4) is 0 Å². The molecule has 0 aliphatic heterocycles. The number of carboxylic acid groups (broad SMARTS) is 1. The molecule has 0 radical (unpaired) electrons. The average molecular weight is 219 g/mol. The molecule has 0 bridgehead atoms. The molecule has 1 heterocycles. The third-order valence-corrected chi connectivity index (χ3v) is 2.31. The highest BCUT2D eigenvalue weighted by atomic mass is 16.4. The van der Waals surface area contributed by atoms with E-state index in [9.17, 15) is 9.59 Å². The van der Waals surface area contributed by atoms with Gasteiger partial charge in [-0.1, -0.05) is 12.1 Å². The molecule has 5 nitrogen and oxygen atoms in total. The van der Waals surface area contributed by atoms with E-state index in [1.54, 1.807) is 24.3 Å². The molecular formula is C11H9NO4. The molecule has 2 aromatic rings. The van der Waals surface area contributed by atoms with Crippen molar-refractivity contribution in [1.82, 2.24) is 0 Å². The number of nitrogens with zero attached hydrogens (tertiary/aromatic N) is 1. The quantitative estimate of drug-likeness (QED) is 0.737. The molecule has 0 saturated heterocycles. The van der Waals surface area contributed by atoms with Crippen LogP contribution in [0.1, 0.15) is 0 Å². The Morgan fingerprint density at radius 3 is 2.69 bits per heavy atom. The first-order chi connectivity index (χ1) is 7.61. The predicted octanol–water partition coefficient (Wildman–Crippen LogP) is 1.48. The monoisotopic (exact) mass is 219 g/mol. The topological polar surface area (TPSA) is 70.8 Å². The lowest BCUT2D eigenvalue weighted by atomic mass is 10.2. The van der Waals surface area contributed by atoms with E-state index in [1.165, 1.54) is 13.3 Å². The fourth-order valence-electron chi connectivity index (χ4n) is 1.48. The van der Waals surface area contributed by atoms with Gasteiger partial charge < -0.3 is 14.4 Å². The molecule has 0 aliphatic rings. The zero-order chi connectivity index (χ0) is 11.7. The SMILES string of the molecule is CN(C(=O)C(=O)O)c1coc2ccccc12. The molecule has 82 valence electrons. The first-order valence-corrected chi connectivity index (χ1v) is 4.58. The van der Waals surface area contributed by atoms with Crippen LogP contribution in [-0.2, 0) is 9.59 Å². The number of rotatable bonds is 1. The lowest BCUT2D eigenvalue weighted by molar-refractivity contribution is -0.148. The van der Waals surface area contributed by atoms with E-state index in [2.05, 4.69) is 0 Å².